The molecule has 5 saturated carbocycles. The molecule has 1 aliphatic heterocycles. The summed E-state index contributed by atoms with van der Waals surface area (Å²) in [5.41, 5.74) is 1.04. The molecule has 0 amide bonds. The molecule has 7 nitrogen and oxygen atoms in total. The van der Waals surface area contributed by atoms with Gasteiger partial charge in [0.2, 0.25) is 0 Å². The number of benzene rings is 1. The van der Waals surface area contributed by atoms with E-state index in [0.29, 0.717) is 12.4 Å². The average Bonchev–Trinajstić information content (AvgIpc) is 3.55. The fourth-order valence-corrected chi connectivity index (χ4v) is 8.64. The van der Waals surface area contributed by atoms with E-state index in [1.807, 2.05) is 0 Å². The lowest BCUT2D eigenvalue weighted by Crippen LogP contribution is -2.57. The van der Waals surface area contributed by atoms with Crippen molar-refractivity contribution < 1.29 is 27.4 Å². The van der Waals surface area contributed by atoms with Crippen LogP contribution in [0.15, 0.2) is 12.1 Å². The first-order valence-corrected chi connectivity index (χ1v) is 14.1. The lowest BCUT2D eigenvalue weighted by molar-refractivity contribution is -0.0747. The second-order valence-corrected chi connectivity index (χ2v) is 13.3. The van der Waals surface area contributed by atoms with Crippen LogP contribution in [0.2, 0.25) is 0 Å². The largest absolute Gasteiger partial charge is 0.493 e. The van der Waals surface area contributed by atoms with E-state index >= 15 is 4.39 Å². The molecule has 1 atom stereocenters. The van der Waals surface area contributed by atoms with Crippen molar-refractivity contribution in [2.75, 3.05) is 26.8 Å². The molecule has 6 aliphatic rings. The van der Waals surface area contributed by atoms with Gasteiger partial charge in [-0.15, -0.1) is 0 Å². The van der Waals surface area contributed by atoms with Gasteiger partial charge in [-0.3, -0.25) is 0 Å². The third kappa shape index (κ3) is 4.28. The van der Waals surface area contributed by atoms with Crippen LogP contribution in [-0.2, 0) is 14.9 Å². The summed E-state index contributed by atoms with van der Waals surface area (Å²) < 4.78 is 55.0. The minimum Gasteiger partial charge on any atom is -0.493 e. The minimum atomic E-state index is -3.94. The summed E-state index contributed by atoms with van der Waals surface area (Å²) in [4.78, 5) is 0. The van der Waals surface area contributed by atoms with Gasteiger partial charge in [0.25, 0.3) is 10.2 Å². The van der Waals surface area contributed by atoms with Gasteiger partial charge in [0.05, 0.1) is 12.7 Å². The van der Waals surface area contributed by atoms with Crippen LogP contribution in [0.1, 0.15) is 74.6 Å². The van der Waals surface area contributed by atoms with Gasteiger partial charge in [-0.25, -0.2) is 4.39 Å². The number of methoxy groups -OCH3 is 1. The van der Waals surface area contributed by atoms with Crippen molar-refractivity contribution in [1.82, 2.24) is 9.03 Å². The number of ether oxygens (including phenoxy) is 2. The topological polar surface area (TPSA) is 88.1 Å². The van der Waals surface area contributed by atoms with Crippen molar-refractivity contribution in [3.63, 3.8) is 0 Å². The fourth-order valence-electron chi connectivity index (χ4n) is 7.36. The van der Waals surface area contributed by atoms with Crippen molar-refractivity contribution in [3.05, 3.63) is 29.1 Å². The quantitative estimate of drug-likeness (QED) is 0.514. The van der Waals surface area contributed by atoms with E-state index in [0.717, 1.165) is 36.2 Å². The number of hydrogen-bond donors (Lipinski definition) is 2. The number of nitrogens with one attached hydrogen (secondary N) is 1. The number of aliphatic hydroxyl groups is 1. The Morgan fingerprint density at radius 3 is 2.32 bits per heavy atom. The summed E-state index contributed by atoms with van der Waals surface area (Å²) in [6, 6.07) is 2.95. The van der Waals surface area contributed by atoms with E-state index < -0.39 is 22.3 Å². The Kier molecular flexibility index (Phi) is 5.72. The molecule has 0 spiro atoms. The Morgan fingerprint density at radius 2 is 1.76 bits per heavy atom. The van der Waals surface area contributed by atoms with Crippen molar-refractivity contribution >= 4 is 10.2 Å². The van der Waals surface area contributed by atoms with Gasteiger partial charge in [-0.2, -0.15) is 17.4 Å². The summed E-state index contributed by atoms with van der Waals surface area (Å²) in [6.45, 7) is 1.05. The predicted molar refractivity (Wildman–Crippen MR) is 124 cm³/mol. The average molecular weight is 495 g/mol. The molecule has 0 aromatic heterocycles. The molecule has 1 aromatic carbocycles. The molecule has 4 bridgehead atoms. The molecule has 1 heterocycles. The van der Waals surface area contributed by atoms with Gasteiger partial charge in [0, 0.05) is 37.2 Å². The third-order valence-corrected chi connectivity index (χ3v) is 10.4. The molecular formula is C25H35FN2O5S. The maximum absolute atomic E-state index is 15.1. The number of aliphatic hydroxyl groups excluding tert-OH is 1. The summed E-state index contributed by atoms with van der Waals surface area (Å²) in [5, 5.41) is 10.6. The van der Waals surface area contributed by atoms with Crippen molar-refractivity contribution in [3.8, 4) is 5.75 Å². The Hall–Kier alpha value is -1.26. The van der Waals surface area contributed by atoms with Crippen LogP contribution in [0.3, 0.4) is 0 Å². The van der Waals surface area contributed by atoms with Gasteiger partial charge < -0.3 is 14.6 Å². The molecule has 2 N–H and O–H groups in total. The van der Waals surface area contributed by atoms with Crippen LogP contribution < -0.4 is 9.46 Å². The van der Waals surface area contributed by atoms with Crippen LogP contribution in [-0.4, -0.2) is 50.7 Å². The van der Waals surface area contributed by atoms with Gasteiger partial charge >= 0.3 is 0 Å². The smallest absolute Gasteiger partial charge is 0.282 e. The van der Waals surface area contributed by atoms with Gasteiger partial charge in [0.1, 0.15) is 17.8 Å². The Labute approximate surface area is 201 Å². The molecule has 1 saturated heterocycles. The third-order valence-electron chi connectivity index (χ3n) is 8.89. The van der Waals surface area contributed by atoms with E-state index in [4.69, 9.17) is 9.47 Å². The Bertz CT molecular complexity index is 1020. The fraction of sp³-hybridized carbons (Fsp3) is 0.760. The van der Waals surface area contributed by atoms with E-state index in [9.17, 15) is 13.5 Å². The van der Waals surface area contributed by atoms with E-state index in [-0.39, 0.29) is 36.1 Å². The molecule has 0 radical (unpaired) electrons. The molecule has 34 heavy (non-hydrogen) atoms. The highest BCUT2D eigenvalue weighted by Gasteiger charge is 2.51. The minimum absolute atomic E-state index is 0.0588. The molecule has 7 rings (SSSR count). The molecule has 188 valence electrons. The number of rotatable bonds is 9. The molecule has 1 unspecified atom stereocenters. The van der Waals surface area contributed by atoms with Crippen LogP contribution in [0.4, 0.5) is 4.39 Å². The monoisotopic (exact) mass is 494 g/mol. The second kappa shape index (κ2) is 8.40. The highest BCUT2D eigenvalue weighted by molar-refractivity contribution is 7.87. The van der Waals surface area contributed by atoms with E-state index in [1.54, 1.807) is 6.07 Å². The summed E-state index contributed by atoms with van der Waals surface area (Å²) >= 11 is 0. The standard InChI is InChI=1S/C25H35FN2O5S/c1-32-19-12-28(13-19)34(30,31)27-24(29)21-7-20(18-2-3-18)23(8-22(21)26)33-14-25-9-15-4-16(10-25)6-17(5-15)11-25/h7-8,15-19,24,27,29H,2-6,9-14H2,1H3. The number of halogens is 1. The summed E-state index contributed by atoms with van der Waals surface area (Å²) in [7, 11) is -2.41. The number of hydrogen-bond acceptors (Lipinski definition) is 5. The normalized spacial score (nSPS) is 34.3. The van der Waals surface area contributed by atoms with Gasteiger partial charge in [0.15, 0.2) is 0 Å². The lowest BCUT2D eigenvalue weighted by Gasteiger charge is -2.56. The first kappa shape index (κ1) is 23.2. The van der Waals surface area contributed by atoms with Crippen LogP contribution in [0.25, 0.3) is 0 Å². The zero-order chi connectivity index (χ0) is 23.7. The van der Waals surface area contributed by atoms with Crippen LogP contribution in [0, 0.1) is 29.0 Å². The molecular weight excluding hydrogens is 459 g/mol. The predicted octanol–water partition coefficient (Wildman–Crippen LogP) is 3.45. The van der Waals surface area contributed by atoms with E-state index in [1.165, 1.54) is 56.0 Å². The first-order valence-electron chi connectivity index (χ1n) is 12.7. The number of nitrogens with zero attached hydrogens (tertiary/aromatic N) is 1. The summed E-state index contributed by atoms with van der Waals surface area (Å²) in [5.74, 6) is 2.65. The zero-order valence-electron chi connectivity index (χ0n) is 19.7. The van der Waals surface area contributed by atoms with Crippen molar-refractivity contribution in [2.24, 2.45) is 23.2 Å². The Balaban J connectivity index is 1.18. The second-order valence-electron chi connectivity index (χ2n) is 11.6. The van der Waals surface area contributed by atoms with Crippen LogP contribution >= 0.6 is 0 Å². The van der Waals surface area contributed by atoms with Gasteiger partial charge in [-0.1, -0.05) is 0 Å². The first-order chi connectivity index (χ1) is 16.2. The SMILES string of the molecule is COC1CN(S(=O)(=O)NC(O)c2cc(C3CC3)c(OCC34CC5CC(CC(C5)C3)C4)cc2F)C1. The van der Waals surface area contributed by atoms with E-state index in [2.05, 4.69) is 4.72 Å². The van der Waals surface area contributed by atoms with Gasteiger partial charge in [-0.05, 0) is 86.7 Å². The highest BCUT2D eigenvalue weighted by atomic mass is 32.2. The molecule has 5 aliphatic carbocycles. The zero-order valence-corrected chi connectivity index (χ0v) is 20.5. The lowest BCUT2D eigenvalue weighted by atomic mass is 9.50. The molecule has 1 aromatic rings. The molecule has 6 fully saturated rings. The highest BCUT2D eigenvalue weighted by Crippen LogP contribution is 2.60. The maximum Gasteiger partial charge on any atom is 0.282 e. The van der Waals surface area contributed by atoms with Crippen molar-refractivity contribution in [1.29, 1.82) is 0 Å². The maximum atomic E-state index is 15.1. The molecule has 9 heteroatoms. The Morgan fingerprint density at radius 1 is 1.15 bits per heavy atom. The van der Waals surface area contributed by atoms with Crippen LogP contribution in [0.5, 0.6) is 5.75 Å². The van der Waals surface area contributed by atoms with Crippen molar-refractivity contribution in [2.45, 2.75) is 69.6 Å². The summed E-state index contributed by atoms with van der Waals surface area (Å²) in [6.07, 6.45) is 7.93.